The minimum atomic E-state index is -0.528. The lowest BCUT2D eigenvalue weighted by atomic mass is 9.94. The van der Waals surface area contributed by atoms with Gasteiger partial charge in [0, 0.05) is 44.2 Å². The molecule has 2 amide bonds. The molecular weight excluding hydrogens is 450 g/mol. The zero-order valence-corrected chi connectivity index (χ0v) is 20.0. The standard InChI is InChI=1S/C26H31N3O6/c1-34-21-7-9-22(10-8-21)35-24-11-6-20(29(32)33)18-23(24)26(31)28-16-12-19(13-17-28)25(30)27-14-4-2-3-5-15-27/h6-11,18-19H,2-5,12-17H2,1H3. The van der Waals surface area contributed by atoms with Gasteiger partial charge in [0.05, 0.1) is 17.6 Å². The van der Waals surface area contributed by atoms with E-state index in [1.165, 1.54) is 31.0 Å². The van der Waals surface area contributed by atoms with Crippen molar-refractivity contribution in [1.29, 1.82) is 0 Å². The number of amides is 2. The first-order valence-electron chi connectivity index (χ1n) is 12.1. The van der Waals surface area contributed by atoms with Crippen LogP contribution in [0, 0.1) is 16.0 Å². The van der Waals surface area contributed by atoms with Crippen LogP contribution in [0.1, 0.15) is 48.9 Å². The molecule has 35 heavy (non-hydrogen) atoms. The van der Waals surface area contributed by atoms with E-state index in [1.54, 1.807) is 36.3 Å². The van der Waals surface area contributed by atoms with Crippen molar-refractivity contribution in [3.05, 3.63) is 58.1 Å². The summed E-state index contributed by atoms with van der Waals surface area (Å²) < 4.78 is 11.1. The van der Waals surface area contributed by atoms with Gasteiger partial charge < -0.3 is 19.3 Å². The number of non-ortho nitro benzene ring substituents is 1. The van der Waals surface area contributed by atoms with E-state index in [4.69, 9.17) is 9.47 Å². The molecule has 2 heterocycles. The number of rotatable bonds is 6. The van der Waals surface area contributed by atoms with Crippen LogP contribution < -0.4 is 9.47 Å². The molecule has 9 heteroatoms. The molecule has 2 aliphatic rings. The SMILES string of the molecule is COc1ccc(Oc2ccc([N+](=O)[O-])cc2C(=O)N2CCC(C(=O)N3CCCCCC3)CC2)cc1. The van der Waals surface area contributed by atoms with Gasteiger partial charge in [0.15, 0.2) is 0 Å². The third kappa shape index (κ3) is 5.90. The van der Waals surface area contributed by atoms with Gasteiger partial charge in [-0.25, -0.2) is 0 Å². The van der Waals surface area contributed by atoms with Gasteiger partial charge in [0.2, 0.25) is 5.91 Å². The number of hydrogen-bond acceptors (Lipinski definition) is 6. The van der Waals surface area contributed by atoms with Crippen molar-refractivity contribution in [2.75, 3.05) is 33.3 Å². The maximum Gasteiger partial charge on any atom is 0.270 e. The molecule has 4 rings (SSSR count). The molecule has 2 saturated heterocycles. The van der Waals surface area contributed by atoms with Crippen LogP contribution in [0.5, 0.6) is 17.2 Å². The van der Waals surface area contributed by atoms with Gasteiger partial charge in [0.1, 0.15) is 17.2 Å². The minimum absolute atomic E-state index is 0.0859. The van der Waals surface area contributed by atoms with Gasteiger partial charge in [-0.2, -0.15) is 0 Å². The van der Waals surface area contributed by atoms with Crippen LogP contribution in [-0.4, -0.2) is 59.8 Å². The maximum absolute atomic E-state index is 13.4. The highest BCUT2D eigenvalue weighted by atomic mass is 16.6. The summed E-state index contributed by atoms with van der Waals surface area (Å²) in [4.78, 5) is 40.9. The summed E-state index contributed by atoms with van der Waals surface area (Å²) in [6.45, 7) is 2.48. The largest absolute Gasteiger partial charge is 0.497 e. The molecule has 2 aromatic carbocycles. The summed E-state index contributed by atoms with van der Waals surface area (Å²) in [7, 11) is 1.56. The van der Waals surface area contributed by atoms with Crippen LogP contribution in [-0.2, 0) is 4.79 Å². The van der Waals surface area contributed by atoms with Gasteiger partial charge in [0.25, 0.3) is 11.6 Å². The van der Waals surface area contributed by atoms with Crippen molar-refractivity contribution in [2.45, 2.75) is 38.5 Å². The van der Waals surface area contributed by atoms with Gasteiger partial charge in [-0.15, -0.1) is 0 Å². The van der Waals surface area contributed by atoms with Crippen molar-refractivity contribution in [1.82, 2.24) is 9.80 Å². The molecule has 0 atom stereocenters. The summed E-state index contributed by atoms with van der Waals surface area (Å²) in [5, 5.41) is 11.4. The van der Waals surface area contributed by atoms with Crippen LogP contribution in [0.2, 0.25) is 0 Å². The second-order valence-electron chi connectivity index (χ2n) is 9.02. The quantitative estimate of drug-likeness (QED) is 0.440. The lowest BCUT2D eigenvalue weighted by Crippen LogP contribution is -2.44. The summed E-state index contributed by atoms with van der Waals surface area (Å²) in [6, 6.07) is 10.9. The highest BCUT2D eigenvalue weighted by Gasteiger charge is 2.32. The van der Waals surface area contributed by atoms with Crippen LogP contribution in [0.15, 0.2) is 42.5 Å². The first-order chi connectivity index (χ1) is 17.0. The Labute approximate surface area is 204 Å². The third-order valence-corrected chi connectivity index (χ3v) is 6.74. The normalized spacial score (nSPS) is 16.9. The smallest absolute Gasteiger partial charge is 0.270 e. The molecule has 2 aliphatic heterocycles. The molecule has 0 aromatic heterocycles. The zero-order valence-electron chi connectivity index (χ0n) is 20.0. The van der Waals surface area contributed by atoms with Gasteiger partial charge in [-0.3, -0.25) is 19.7 Å². The Bertz CT molecular complexity index is 1060. The Morgan fingerprint density at radius 1 is 0.886 bits per heavy atom. The van der Waals surface area contributed by atoms with E-state index in [2.05, 4.69) is 0 Å². The Morgan fingerprint density at radius 3 is 2.11 bits per heavy atom. The molecule has 9 nitrogen and oxygen atoms in total. The highest BCUT2D eigenvalue weighted by molar-refractivity contribution is 5.98. The van der Waals surface area contributed by atoms with Crippen molar-refractivity contribution >= 4 is 17.5 Å². The molecule has 186 valence electrons. The average Bonchev–Trinajstić information content (AvgIpc) is 3.18. The predicted octanol–water partition coefficient (Wildman–Crippen LogP) is 4.65. The molecule has 0 spiro atoms. The van der Waals surface area contributed by atoms with Crippen molar-refractivity contribution in [3.63, 3.8) is 0 Å². The first-order valence-corrected chi connectivity index (χ1v) is 12.1. The van der Waals surface area contributed by atoms with Crippen molar-refractivity contribution in [2.24, 2.45) is 5.92 Å². The Kier molecular flexibility index (Phi) is 7.84. The van der Waals surface area contributed by atoms with E-state index >= 15 is 0 Å². The number of nitrogens with zero attached hydrogens (tertiary/aromatic N) is 3. The number of carbonyl (C=O) groups excluding carboxylic acids is 2. The van der Waals surface area contributed by atoms with Crippen molar-refractivity contribution < 1.29 is 24.0 Å². The number of hydrogen-bond donors (Lipinski definition) is 0. The number of ether oxygens (including phenoxy) is 2. The van der Waals surface area contributed by atoms with E-state index in [1.807, 2.05) is 4.90 Å². The lowest BCUT2D eigenvalue weighted by Gasteiger charge is -2.34. The molecule has 0 radical (unpaired) electrons. The van der Waals surface area contributed by atoms with E-state index < -0.39 is 4.92 Å². The van der Waals surface area contributed by atoms with E-state index in [0.717, 1.165) is 25.9 Å². The van der Waals surface area contributed by atoms with Crippen molar-refractivity contribution in [3.8, 4) is 17.2 Å². The average molecular weight is 482 g/mol. The fourth-order valence-electron chi connectivity index (χ4n) is 4.71. The third-order valence-electron chi connectivity index (χ3n) is 6.74. The maximum atomic E-state index is 13.4. The molecular formula is C26H31N3O6. The Balaban J connectivity index is 1.47. The van der Waals surface area contributed by atoms with Crippen LogP contribution >= 0.6 is 0 Å². The topological polar surface area (TPSA) is 102 Å². The van der Waals surface area contributed by atoms with E-state index in [0.29, 0.717) is 37.4 Å². The van der Waals surface area contributed by atoms with Gasteiger partial charge in [-0.1, -0.05) is 12.8 Å². The molecule has 0 unspecified atom stereocenters. The fourth-order valence-corrected chi connectivity index (χ4v) is 4.71. The van der Waals surface area contributed by atoms with Crippen LogP contribution in [0.4, 0.5) is 5.69 Å². The summed E-state index contributed by atoms with van der Waals surface area (Å²) in [6.07, 6.45) is 5.61. The number of nitro groups is 1. The molecule has 0 aliphatic carbocycles. The number of carbonyl (C=O) groups is 2. The molecule has 2 fully saturated rings. The molecule has 0 N–H and O–H groups in total. The lowest BCUT2D eigenvalue weighted by molar-refractivity contribution is -0.384. The summed E-state index contributed by atoms with van der Waals surface area (Å²) in [5.41, 5.74) is -0.0472. The summed E-state index contributed by atoms with van der Waals surface area (Å²) in [5.74, 6) is 1.16. The Hall–Kier alpha value is -3.62. The number of piperidine rings is 1. The van der Waals surface area contributed by atoms with Gasteiger partial charge >= 0.3 is 0 Å². The number of nitro benzene ring substituents is 1. The monoisotopic (exact) mass is 481 g/mol. The number of benzene rings is 2. The fraction of sp³-hybridized carbons (Fsp3) is 0.462. The molecule has 2 aromatic rings. The van der Waals surface area contributed by atoms with E-state index in [-0.39, 0.29) is 34.7 Å². The zero-order chi connectivity index (χ0) is 24.8. The van der Waals surface area contributed by atoms with Gasteiger partial charge in [-0.05, 0) is 56.0 Å². The predicted molar refractivity (Wildman–Crippen MR) is 130 cm³/mol. The number of methoxy groups -OCH3 is 1. The second kappa shape index (κ2) is 11.2. The highest BCUT2D eigenvalue weighted by Crippen LogP contribution is 2.32. The summed E-state index contributed by atoms with van der Waals surface area (Å²) >= 11 is 0. The number of likely N-dealkylation sites (tertiary alicyclic amines) is 2. The van der Waals surface area contributed by atoms with Crippen LogP contribution in [0.25, 0.3) is 0 Å². The van der Waals surface area contributed by atoms with E-state index in [9.17, 15) is 19.7 Å². The Morgan fingerprint density at radius 2 is 1.51 bits per heavy atom. The second-order valence-corrected chi connectivity index (χ2v) is 9.02. The molecule has 0 bridgehead atoms. The molecule has 0 saturated carbocycles. The minimum Gasteiger partial charge on any atom is -0.497 e. The first kappa shape index (κ1) is 24.5. The van der Waals surface area contributed by atoms with Crippen LogP contribution in [0.3, 0.4) is 0 Å².